The Morgan fingerprint density at radius 1 is 1.37 bits per heavy atom. The first kappa shape index (κ1) is 13.7. The van der Waals surface area contributed by atoms with Crippen molar-refractivity contribution in [1.82, 2.24) is 10.6 Å². The third-order valence-corrected chi connectivity index (χ3v) is 6.95. The molecule has 1 amide bonds. The summed E-state index contributed by atoms with van der Waals surface area (Å²) in [5.41, 5.74) is -0.0854. The third kappa shape index (κ3) is 2.54. The lowest BCUT2D eigenvalue weighted by Gasteiger charge is -2.38. The van der Waals surface area contributed by atoms with Crippen LogP contribution in [0.2, 0.25) is 0 Å². The van der Waals surface area contributed by atoms with Crippen LogP contribution in [0.3, 0.4) is 0 Å². The highest BCUT2D eigenvalue weighted by Gasteiger charge is 2.50. The molecule has 3 nitrogen and oxygen atoms in total. The molecule has 0 aromatic carbocycles. The second-order valence-corrected chi connectivity index (χ2v) is 8.50. The molecule has 0 aromatic rings. The van der Waals surface area contributed by atoms with Crippen LogP contribution in [-0.4, -0.2) is 36.0 Å². The molecule has 4 heteroatoms. The summed E-state index contributed by atoms with van der Waals surface area (Å²) in [6, 6.07) is 0. The number of hydrogen-bond donors (Lipinski definition) is 2. The van der Waals surface area contributed by atoms with Crippen molar-refractivity contribution in [3.63, 3.8) is 0 Å². The Morgan fingerprint density at radius 2 is 2.26 bits per heavy atom. The van der Waals surface area contributed by atoms with Gasteiger partial charge in [-0.25, -0.2) is 0 Å². The molecule has 1 saturated carbocycles. The SMILES string of the molecule is CC1(CNC(=O)[C@@]23CCCC[C@H]2CNC3)CCCS1. The van der Waals surface area contributed by atoms with Crippen molar-refractivity contribution in [2.24, 2.45) is 11.3 Å². The molecule has 3 rings (SSSR count). The fraction of sp³-hybridized carbons (Fsp3) is 0.933. The molecule has 2 aliphatic heterocycles. The zero-order chi connectivity index (χ0) is 13.3. The predicted molar refractivity (Wildman–Crippen MR) is 80.4 cm³/mol. The van der Waals surface area contributed by atoms with Gasteiger partial charge in [0.1, 0.15) is 0 Å². The lowest BCUT2D eigenvalue weighted by Crippen LogP contribution is -2.50. The number of carbonyl (C=O) groups is 1. The molecule has 2 N–H and O–H groups in total. The summed E-state index contributed by atoms with van der Waals surface area (Å²) >= 11 is 2.03. The average molecular weight is 282 g/mol. The van der Waals surface area contributed by atoms with Gasteiger partial charge in [-0.2, -0.15) is 11.8 Å². The quantitative estimate of drug-likeness (QED) is 0.833. The zero-order valence-electron chi connectivity index (χ0n) is 12.0. The number of amides is 1. The van der Waals surface area contributed by atoms with E-state index in [1.807, 2.05) is 11.8 Å². The summed E-state index contributed by atoms with van der Waals surface area (Å²) in [6.07, 6.45) is 7.37. The van der Waals surface area contributed by atoms with Gasteiger partial charge in [0.15, 0.2) is 0 Å². The molecule has 0 bridgehead atoms. The van der Waals surface area contributed by atoms with Crippen molar-refractivity contribution in [1.29, 1.82) is 0 Å². The zero-order valence-corrected chi connectivity index (χ0v) is 12.8. The van der Waals surface area contributed by atoms with Gasteiger partial charge in [0.05, 0.1) is 5.41 Å². The van der Waals surface area contributed by atoms with E-state index in [0.717, 1.165) is 26.1 Å². The molecule has 3 atom stereocenters. The molecule has 19 heavy (non-hydrogen) atoms. The highest BCUT2D eigenvalue weighted by molar-refractivity contribution is 8.00. The van der Waals surface area contributed by atoms with Crippen molar-refractivity contribution in [2.45, 2.75) is 50.2 Å². The molecule has 0 radical (unpaired) electrons. The smallest absolute Gasteiger partial charge is 0.227 e. The van der Waals surface area contributed by atoms with Crippen LogP contribution < -0.4 is 10.6 Å². The standard InChI is InChI=1S/C15H26N2OS/c1-14(6-4-8-19-14)10-17-13(18)15-7-3-2-5-12(15)9-16-11-15/h12,16H,2-11H2,1H3,(H,17,18)/t12-,14?,15+/m0/s1. The van der Waals surface area contributed by atoms with Gasteiger partial charge in [0.2, 0.25) is 5.91 Å². The second-order valence-electron chi connectivity index (χ2n) is 6.81. The first-order valence-electron chi connectivity index (χ1n) is 7.78. The number of fused-ring (bicyclic) bond motifs is 1. The maximum atomic E-state index is 12.7. The van der Waals surface area contributed by atoms with E-state index in [9.17, 15) is 4.79 Å². The van der Waals surface area contributed by atoms with E-state index < -0.39 is 0 Å². The minimum Gasteiger partial charge on any atom is -0.354 e. The van der Waals surface area contributed by atoms with Gasteiger partial charge in [0.25, 0.3) is 0 Å². The number of nitrogens with one attached hydrogen (secondary N) is 2. The Bertz CT molecular complexity index is 354. The summed E-state index contributed by atoms with van der Waals surface area (Å²) in [7, 11) is 0. The number of hydrogen-bond acceptors (Lipinski definition) is 3. The largest absolute Gasteiger partial charge is 0.354 e. The lowest BCUT2D eigenvalue weighted by molar-refractivity contribution is -0.134. The van der Waals surface area contributed by atoms with E-state index in [0.29, 0.717) is 11.8 Å². The normalized spacial score (nSPS) is 42.1. The molecular weight excluding hydrogens is 256 g/mol. The lowest BCUT2D eigenvalue weighted by atomic mass is 9.67. The summed E-state index contributed by atoms with van der Waals surface area (Å²) in [6.45, 7) is 5.09. The molecule has 1 unspecified atom stereocenters. The third-order valence-electron chi connectivity index (χ3n) is 5.41. The van der Waals surface area contributed by atoms with E-state index in [1.165, 1.54) is 37.9 Å². The molecule has 0 aromatic heterocycles. The fourth-order valence-electron chi connectivity index (χ4n) is 4.11. The maximum absolute atomic E-state index is 12.7. The van der Waals surface area contributed by atoms with Crippen LogP contribution >= 0.6 is 11.8 Å². The monoisotopic (exact) mass is 282 g/mol. The molecule has 108 valence electrons. The second kappa shape index (κ2) is 5.28. The highest BCUT2D eigenvalue weighted by Crippen LogP contribution is 2.44. The minimum atomic E-state index is -0.0854. The van der Waals surface area contributed by atoms with Crippen molar-refractivity contribution in [3.05, 3.63) is 0 Å². The summed E-state index contributed by atoms with van der Waals surface area (Å²) in [5.74, 6) is 2.16. The summed E-state index contributed by atoms with van der Waals surface area (Å²) in [5, 5.41) is 6.75. The molecule has 2 saturated heterocycles. The van der Waals surface area contributed by atoms with Crippen LogP contribution in [0.4, 0.5) is 0 Å². The van der Waals surface area contributed by atoms with Crippen LogP contribution in [-0.2, 0) is 4.79 Å². The van der Waals surface area contributed by atoms with Crippen molar-refractivity contribution >= 4 is 17.7 Å². The number of thioether (sulfide) groups is 1. The maximum Gasteiger partial charge on any atom is 0.227 e. The van der Waals surface area contributed by atoms with Crippen molar-refractivity contribution < 1.29 is 4.79 Å². The number of rotatable bonds is 3. The highest BCUT2D eigenvalue weighted by atomic mass is 32.2. The Kier molecular flexibility index (Phi) is 3.82. The average Bonchev–Trinajstić information content (AvgIpc) is 3.03. The van der Waals surface area contributed by atoms with E-state index >= 15 is 0 Å². The minimum absolute atomic E-state index is 0.0854. The first-order chi connectivity index (χ1) is 9.15. The fourth-order valence-corrected chi connectivity index (χ4v) is 5.35. The molecule has 2 heterocycles. The van der Waals surface area contributed by atoms with Gasteiger partial charge in [0, 0.05) is 17.8 Å². The number of carbonyl (C=O) groups excluding carboxylic acids is 1. The van der Waals surface area contributed by atoms with Gasteiger partial charge >= 0.3 is 0 Å². The Hall–Kier alpha value is -0.220. The van der Waals surface area contributed by atoms with E-state index in [2.05, 4.69) is 17.6 Å². The molecule has 3 aliphatic rings. The molecular formula is C15H26N2OS. The van der Waals surface area contributed by atoms with E-state index in [1.54, 1.807) is 0 Å². The van der Waals surface area contributed by atoms with Crippen LogP contribution in [0.25, 0.3) is 0 Å². The van der Waals surface area contributed by atoms with E-state index in [4.69, 9.17) is 0 Å². The van der Waals surface area contributed by atoms with E-state index in [-0.39, 0.29) is 10.2 Å². The van der Waals surface area contributed by atoms with Crippen LogP contribution in [0.1, 0.15) is 45.4 Å². The molecule has 0 spiro atoms. The van der Waals surface area contributed by atoms with Crippen LogP contribution in [0.5, 0.6) is 0 Å². The topological polar surface area (TPSA) is 41.1 Å². The molecule has 3 fully saturated rings. The first-order valence-corrected chi connectivity index (χ1v) is 8.76. The van der Waals surface area contributed by atoms with Gasteiger partial charge in [-0.05, 0) is 50.8 Å². The predicted octanol–water partition coefficient (Wildman–Crippen LogP) is 2.17. The van der Waals surface area contributed by atoms with Gasteiger partial charge in [-0.15, -0.1) is 0 Å². The summed E-state index contributed by atoms with van der Waals surface area (Å²) in [4.78, 5) is 12.7. The van der Waals surface area contributed by atoms with Crippen LogP contribution in [0, 0.1) is 11.3 Å². The van der Waals surface area contributed by atoms with Gasteiger partial charge < -0.3 is 10.6 Å². The van der Waals surface area contributed by atoms with Crippen molar-refractivity contribution in [3.8, 4) is 0 Å². The summed E-state index contributed by atoms with van der Waals surface area (Å²) < 4.78 is 0.280. The van der Waals surface area contributed by atoms with Gasteiger partial charge in [-0.3, -0.25) is 4.79 Å². The Balaban J connectivity index is 1.62. The Labute approximate surface area is 120 Å². The van der Waals surface area contributed by atoms with Crippen LogP contribution in [0.15, 0.2) is 0 Å². The Morgan fingerprint density at radius 3 is 3.05 bits per heavy atom. The molecule has 1 aliphatic carbocycles. The van der Waals surface area contributed by atoms with Gasteiger partial charge in [-0.1, -0.05) is 12.8 Å². The van der Waals surface area contributed by atoms with Crippen molar-refractivity contribution in [2.75, 3.05) is 25.4 Å².